The van der Waals surface area contributed by atoms with Crippen molar-refractivity contribution in [1.82, 2.24) is 9.88 Å². The van der Waals surface area contributed by atoms with E-state index < -0.39 is 0 Å². The van der Waals surface area contributed by atoms with E-state index in [2.05, 4.69) is 43.1 Å². The fourth-order valence-electron chi connectivity index (χ4n) is 2.95. The van der Waals surface area contributed by atoms with Gasteiger partial charge in [-0.25, -0.2) is 4.98 Å². The SMILES string of the molecule is CC(C)c1ccc(CC(=O)N2CCC(Oc3ccccn3)C2)cc1. The van der Waals surface area contributed by atoms with E-state index in [0.717, 1.165) is 18.5 Å². The van der Waals surface area contributed by atoms with Crippen molar-refractivity contribution < 1.29 is 9.53 Å². The predicted molar refractivity (Wildman–Crippen MR) is 94.1 cm³/mol. The number of rotatable bonds is 5. The zero-order valence-corrected chi connectivity index (χ0v) is 14.3. The maximum absolute atomic E-state index is 12.5. The fraction of sp³-hybridized carbons (Fsp3) is 0.400. The molecule has 0 bridgehead atoms. The molecule has 0 aliphatic carbocycles. The molecule has 3 rings (SSSR count). The highest BCUT2D eigenvalue weighted by atomic mass is 16.5. The number of pyridine rings is 1. The lowest BCUT2D eigenvalue weighted by molar-refractivity contribution is -0.129. The average molecular weight is 324 g/mol. The molecule has 1 fully saturated rings. The molecule has 2 aromatic rings. The van der Waals surface area contributed by atoms with Gasteiger partial charge >= 0.3 is 0 Å². The standard InChI is InChI=1S/C20H24N2O2/c1-15(2)17-8-6-16(7-9-17)13-20(23)22-12-10-18(14-22)24-19-5-3-4-11-21-19/h3-9,11,15,18H,10,12-14H2,1-2H3. The van der Waals surface area contributed by atoms with Crippen molar-refractivity contribution in [3.05, 3.63) is 59.8 Å². The Morgan fingerprint density at radius 1 is 1.25 bits per heavy atom. The molecule has 1 aromatic heterocycles. The van der Waals surface area contributed by atoms with Crippen LogP contribution in [0.3, 0.4) is 0 Å². The third kappa shape index (κ3) is 4.13. The Morgan fingerprint density at radius 3 is 2.71 bits per heavy atom. The van der Waals surface area contributed by atoms with Crippen molar-refractivity contribution in [3.8, 4) is 5.88 Å². The first-order chi connectivity index (χ1) is 11.6. The summed E-state index contributed by atoms with van der Waals surface area (Å²) in [5, 5.41) is 0. The first kappa shape index (κ1) is 16.5. The molecule has 0 radical (unpaired) electrons. The summed E-state index contributed by atoms with van der Waals surface area (Å²) in [6.07, 6.45) is 3.06. The highest BCUT2D eigenvalue weighted by molar-refractivity contribution is 5.79. The normalized spacial score (nSPS) is 17.3. The van der Waals surface area contributed by atoms with Gasteiger partial charge < -0.3 is 9.64 Å². The first-order valence-corrected chi connectivity index (χ1v) is 8.56. The van der Waals surface area contributed by atoms with Crippen LogP contribution >= 0.6 is 0 Å². The Balaban J connectivity index is 1.52. The zero-order valence-electron chi connectivity index (χ0n) is 14.3. The molecule has 4 heteroatoms. The van der Waals surface area contributed by atoms with Gasteiger partial charge in [-0.3, -0.25) is 4.79 Å². The van der Waals surface area contributed by atoms with E-state index in [1.807, 2.05) is 23.1 Å². The molecule has 1 saturated heterocycles. The summed E-state index contributed by atoms with van der Waals surface area (Å²) in [6, 6.07) is 14.0. The number of carbonyl (C=O) groups excluding carboxylic acids is 1. The number of likely N-dealkylation sites (tertiary alicyclic amines) is 1. The van der Waals surface area contributed by atoms with Crippen molar-refractivity contribution in [2.75, 3.05) is 13.1 Å². The molecule has 0 saturated carbocycles. The van der Waals surface area contributed by atoms with Crippen LogP contribution in [-0.2, 0) is 11.2 Å². The van der Waals surface area contributed by atoms with E-state index in [1.54, 1.807) is 6.20 Å². The van der Waals surface area contributed by atoms with Crippen molar-refractivity contribution in [2.24, 2.45) is 0 Å². The van der Waals surface area contributed by atoms with E-state index in [-0.39, 0.29) is 12.0 Å². The molecule has 1 unspecified atom stereocenters. The van der Waals surface area contributed by atoms with Gasteiger partial charge in [-0.05, 0) is 23.1 Å². The van der Waals surface area contributed by atoms with Crippen molar-refractivity contribution >= 4 is 5.91 Å². The van der Waals surface area contributed by atoms with Crippen LogP contribution in [0.4, 0.5) is 0 Å². The Labute approximate surface area is 143 Å². The lowest BCUT2D eigenvalue weighted by Crippen LogP contribution is -2.32. The summed E-state index contributed by atoms with van der Waals surface area (Å²) in [5.41, 5.74) is 2.37. The second-order valence-electron chi connectivity index (χ2n) is 6.61. The summed E-state index contributed by atoms with van der Waals surface area (Å²) in [7, 11) is 0. The third-order valence-corrected chi connectivity index (χ3v) is 4.42. The van der Waals surface area contributed by atoms with Crippen LogP contribution < -0.4 is 4.74 Å². The molecular weight excluding hydrogens is 300 g/mol. The van der Waals surface area contributed by atoms with Crippen LogP contribution in [0.15, 0.2) is 48.7 Å². The predicted octanol–water partition coefficient (Wildman–Crippen LogP) is 3.43. The minimum absolute atomic E-state index is 0.0344. The number of nitrogens with zero attached hydrogens (tertiary/aromatic N) is 2. The maximum Gasteiger partial charge on any atom is 0.227 e. The Kier molecular flexibility index (Phi) is 5.14. The van der Waals surface area contributed by atoms with E-state index in [9.17, 15) is 4.79 Å². The van der Waals surface area contributed by atoms with Crippen LogP contribution in [0.25, 0.3) is 0 Å². The van der Waals surface area contributed by atoms with Gasteiger partial charge in [-0.1, -0.05) is 44.2 Å². The van der Waals surface area contributed by atoms with E-state index in [4.69, 9.17) is 4.74 Å². The Hall–Kier alpha value is -2.36. The second kappa shape index (κ2) is 7.47. The van der Waals surface area contributed by atoms with Crippen molar-refractivity contribution in [3.63, 3.8) is 0 Å². The summed E-state index contributed by atoms with van der Waals surface area (Å²) >= 11 is 0. The number of hydrogen-bond acceptors (Lipinski definition) is 3. The molecule has 4 nitrogen and oxygen atoms in total. The van der Waals surface area contributed by atoms with Crippen molar-refractivity contribution in [2.45, 2.75) is 38.7 Å². The number of hydrogen-bond donors (Lipinski definition) is 0. The lowest BCUT2D eigenvalue weighted by atomic mass is 10.0. The highest BCUT2D eigenvalue weighted by Gasteiger charge is 2.27. The quantitative estimate of drug-likeness (QED) is 0.846. The minimum Gasteiger partial charge on any atom is -0.472 e. The molecule has 1 amide bonds. The Morgan fingerprint density at radius 2 is 2.04 bits per heavy atom. The van der Waals surface area contributed by atoms with Crippen LogP contribution in [0, 0.1) is 0 Å². The monoisotopic (exact) mass is 324 g/mol. The van der Waals surface area contributed by atoms with Gasteiger partial charge in [0, 0.05) is 25.2 Å². The molecule has 24 heavy (non-hydrogen) atoms. The second-order valence-corrected chi connectivity index (χ2v) is 6.61. The molecule has 2 heterocycles. The summed E-state index contributed by atoms with van der Waals surface area (Å²) in [5.74, 6) is 1.30. The fourth-order valence-corrected chi connectivity index (χ4v) is 2.95. The van der Waals surface area contributed by atoms with Gasteiger partial charge in [0.15, 0.2) is 0 Å². The molecule has 1 aliphatic heterocycles. The zero-order chi connectivity index (χ0) is 16.9. The summed E-state index contributed by atoms with van der Waals surface area (Å²) in [4.78, 5) is 18.6. The Bertz CT molecular complexity index is 668. The highest BCUT2D eigenvalue weighted by Crippen LogP contribution is 2.18. The molecule has 0 N–H and O–H groups in total. The molecule has 1 aliphatic rings. The molecule has 126 valence electrons. The minimum atomic E-state index is 0.0344. The van der Waals surface area contributed by atoms with Gasteiger partial charge in [-0.2, -0.15) is 0 Å². The largest absolute Gasteiger partial charge is 0.472 e. The van der Waals surface area contributed by atoms with Gasteiger partial charge in [0.2, 0.25) is 11.8 Å². The number of benzene rings is 1. The number of aromatic nitrogens is 1. The van der Waals surface area contributed by atoms with Crippen LogP contribution in [0.1, 0.15) is 37.3 Å². The summed E-state index contributed by atoms with van der Waals surface area (Å²) in [6.45, 7) is 5.73. The molecule has 0 spiro atoms. The summed E-state index contributed by atoms with van der Waals surface area (Å²) < 4.78 is 5.84. The topological polar surface area (TPSA) is 42.4 Å². The maximum atomic E-state index is 12.5. The van der Waals surface area contributed by atoms with Crippen LogP contribution in [0.2, 0.25) is 0 Å². The smallest absolute Gasteiger partial charge is 0.227 e. The van der Waals surface area contributed by atoms with Gasteiger partial charge in [0.25, 0.3) is 0 Å². The number of amides is 1. The number of ether oxygens (including phenoxy) is 1. The molecular formula is C20H24N2O2. The number of carbonyl (C=O) groups is 1. The van der Waals surface area contributed by atoms with Crippen LogP contribution in [-0.4, -0.2) is 35.0 Å². The third-order valence-electron chi connectivity index (χ3n) is 4.42. The lowest BCUT2D eigenvalue weighted by Gasteiger charge is -2.17. The van der Waals surface area contributed by atoms with Crippen LogP contribution in [0.5, 0.6) is 5.88 Å². The van der Waals surface area contributed by atoms with Crippen molar-refractivity contribution in [1.29, 1.82) is 0 Å². The van der Waals surface area contributed by atoms with E-state index >= 15 is 0 Å². The van der Waals surface area contributed by atoms with Gasteiger partial charge in [-0.15, -0.1) is 0 Å². The average Bonchev–Trinajstić information content (AvgIpc) is 3.05. The molecule has 1 aromatic carbocycles. The van der Waals surface area contributed by atoms with Gasteiger partial charge in [0.1, 0.15) is 6.10 Å². The van der Waals surface area contributed by atoms with E-state index in [0.29, 0.717) is 24.8 Å². The molecule has 1 atom stereocenters. The first-order valence-electron chi connectivity index (χ1n) is 8.56. The van der Waals surface area contributed by atoms with E-state index in [1.165, 1.54) is 5.56 Å². The van der Waals surface area contributed by atoms with Gasteiger partial charge in [0.05, 0.1) is 13.0 Å².